The first-order chi connectivity index (χ1) is 12.2. The van der Waals surface area contributed by atoms with Gasteiger partial charge in [-0.05, 0) is 17.5 Å². The molecule has 0 aliphatic carbocycles. The van der Waals surface area contributed by atoms with Gasteiger partial charge in [0.15, 0.2) is 0 Å². The number of rotatable bonds is 7. The summed E-state index contributed by atoms with van der Waals surface area (Å²) in [5, 5.41) is 4.80. The number of carbonyl (C=O) groups is 1. The third kappa shape index (κ3) is 4.19. The zero-order valence-electron chi connectivity index (χ0n) is 13.9. The molecule has 0 saturated heterocycles. The Morgan fingerprint density at radius 1 is 1.28 bits per heavy atom. The first-order valence-electron chi connectivity index (χ1n) is 7.65. The molecule has 2 aromatic heterocycles. The van der Waals surface area contributed by atoms with Crippen LogP contribution >= 0.6 is 11.3 Å². The van der Waals surface area contributed by atoms with Gasteiger partial charge in [-0.3, -0.25) is 4.79 Å². The number of hydrogen-bond donors (Lipinski definition) is 1. The van der Waals surface area contributed by atoms with Crippen LogP contribution in [0.15, 0.2) is 46.4 Å². The smallest absolute Gasteiger partial charge is 0.236 e. The van der Waals surface area contributed by atoms with Crippen molar-refractivity contribution in [2.24, 2.45) is 0 Å². The van der Waals surface area contributed by atoms with E-state index in [1.54, 1.807) is 44.0 Å². The fourth-order valence-corrected chi connectivity index (χ4v) is 2.98. The van der Waals surface area contributed by atoms with E-state index in [1.165, 1.54) is 0 Å². The lowest BCUT2D eigenvalue weighted by molar-refractivity contribution is -0.120. The van der Waals surface area contributed by atoms with Gasteiger partial charge in [0.05, 0.1) is 37.8 Å². The van der Waals surface area contributed by atoms with E-state index in [1.807, 2.05) is 23.6 Å². The number of nitrogens with one attached hydrogen (secondary N) is 1. The fraction of sp³-hybridized carbons (Fsp3) is 0.222. The summed E-state index contributed by atoms with van der Waals surface area (Å²) in [6, 6.07) is 9.26. The molecule has 25 heavy (non-hydrogen) atoms. The van der Waals surface area contributed by atoms with Crippen molar-refractivity contribution in [3.63, 3.8) is 0 Å². The molecule has 1 N–H and O–H groups in total. The number of carbonyl (C=O) groups excluding carboxylic acids is 1. The molecule has 1 amide bonds. The van der Waals surface area contributed by atoms with E-state index in [0.29, 0.717) is 29.6 Å². The highest BCUT2D eigenvalue weighted by molar-refractivity contribution is 7.13. The average molecular weight is 358 g/mol. The summed E-state index contributed by atoms with van der Waals surface area (Å²) in [6.07, 6.45) is 1.77. The Kier molecular flexibility index (Phi) is 5.35. The van der Waals surface area contributed by atoms with Gasteiger partial charge in [0.2, 0.25) is 11.8 Å². The van der Waals surface area contributed by atoms with Crippen molar-refractivity contribution in [3.8, 4) is 22.3 Å². The van der Waals surface area contributed by atoms with Crippen LogP contribution in [-0.4, -0.2) is 25.1 Å². The molecule has 0 bridgehead atoms. The first-order valence-corrected chi connectivity index (χ1v) is 8.53. The number of aromatic nitrogens is 1. The summed E-state index contributed by atoms with van der Waals surface area (Å²) in [7, 11) is 3.15. The molecule has 130 valence electrons. The molecule has 3 aromatic rings. The topological polar surface area (TPSA) is 73.6 Å². The largest absolute Gasteiger partial charge is 0.497 e. The maximum Gasteiger partial charge on any atom is 0.236 e. The lowest BCUT2D eigenvalue weighted by Gasteiger charge is -2.10. The molecular weight excluding hydrogens is 340 g/mol. The predicted octanol–water partition coefficient (Wildman–Crippen LogP) is 3.28. The molecule has 2 heterocycles. The van der Waals surface area contributed by atoms with E-state index in [9.17, 15) is 4.79 Å². The molecule has 0 fully saturated rings. The van der Waals surface area contributed by atoms with Crippen molar-refractivity contribution in [3.05, 3.63) is 53.2 Å². The maximum absolute atomic E-state index is 12.2. The summed E-state index contributed by atoms with van der Waals surface area (Å²) in [4.78, 5) is 17.5. The monoisotopic (exact) mass is 358 g/mol. The molecule has 0 aliphatic rings. The van der Waals surface area contributed by atoms with Crippen LogP contribution in [0.4, 0.5) is 0 Å². The lowest BCUT2D eigenvalue weighted by atomic mass is 10.1. The molecule has 0 radical (unpaired) electrons. The SMILES string of the molecule is COc1ccc(CC(=O)NCc2coc(-c3cccs3)n2)c(OC)c1. The Hall–Kier alpha value is -2.80. The van der Waals surface area contributed by atoms with Gasteiger partial charge in [-0.15, -0.1) is 11.3 Å². The third-order valence-corrected chi connectivity index (χ3v) is 4.45. The molecule has 0 saturated carbocycles. The Morgan fingerprint density at radius 3 is 2.88 bits per heavy atom. The number of hydrogen-bond acceptors (Lipinski definition) is 6. The second-order valence-electron chi connectivity index (χ2n) is 5.25. The van der Waals surface area contributed by atoms with Gasteiger partial charge in [0.1, 0.15) is 17.8 Å². The van der Waals surface area contributed by atoms with E-state index in [-0.39, 0.29) is 12.3 Å². The van der Waals surface area contributed by atoms with Gasteiger partial charge in [-0.1, -0.05) is 12.1 Å². The maximum atomic E-state index is 12.2. The zero-order valence-corrected chi connectivity index (χ0v) is 14.8. The average Bonchev–Trinajstić information content (AvgIpc) is 3.31. The molecule has 0 aliphatic heterocycles. The number of thiophene rings is 1. The zero-order chi connectivity index (χ0) is 17.6. The lowest BCUT2D eigenvalue weighted by Crippen LogP contribution is -2.24. The van der Waals surface area contributed by atoms with Gasteiger partial charge in [-0.2, -0.15) is 0 Å². The Morgan fingerprint density at radius 2 is 2.16 bits per heavy atom. The predicted molar refractivity (Wildman–Crippen MR) is 94.9 cm³/mol. The minimum Gasteiger partial charge on any atom is -0.497 e. The number of nitrogens with zero attached hydrogens (tertiary/aromatic N) is 1. The number of benzene rings is 1. The molecule has 3 rings (SSSR count). The third-order valence-electron chi connectivity index (χ3n) is 3.60. The Bertz CT molecular complexity index is 843. The molecule has 0 spiro atoms. The van der Waals surface area contributed by atoms with Gasteiger partial charge in [0, 0.05) is 11.6 Å². The highest BCUT2D eigenvalue weighted by Gasteiger charge is 2.12. The summed E-state index contributed by atoms with van der Waals surface area (Å²) < 4.78 is 15.9. The molecule has 7 heteroatoms. The quantitative estimate of drug-likeness (QED) is 0.702. The summed E-state index contributed by atoms with van der Waals surface area (Å²) >= 11 is 1.55. The molecule has 0 atom stereocenters. The normalized spacial score (nSPS) is 10.5. The Labute approximate surface area is 149 Å². The van der Waals surface area contributed by atoms with Gasteiger partial charge < -0.3 is 19.2 Å². The summed E-state index contributed by atoms with van der Waals surface area (Å²) in [5.41, 5.74) is 1.47. The second kappa shape index (κ2) is 7.85. The van der Waals surface area contributed by atoms with Crippen LogP contribution in [0.3, 0.4) is 0 Å². The summed E-state index contributed by atoms with van der Waals surface area (Å²) in [6.45, 7) is 0.312. The molecule has 6 nitrogen and oxygen atoms in total. The standard InChI is InChI=1S/C18H18N2O4S/c1-22-14-6-5-12(15(9-14)23-2)8-17(21)19-10-13-11-24-18(20-13)16-4-3-7-25-16/h3-7,9,11H,8,10H2,1-2H3,(H,19,21). The minimum atomic E-state index is -0.121. The first kappa shape index (κ1) is 17.0. The van der Waals surface area contributed by atoms with Crippen molar-refractivity contribution in [2.75, 3.05) is 14.2 Å². The van der Waals surface area contributed by atoms with Gasteiger partial charge >= 0.3 is 0 Å². The summed E-state index contributed by atoms with van der Waals surface area (Å²) in [5.74, 6) is 1.75. The van der Waals surface area contributed by atoms with Crippen molar-refractivity contribution in [1.29, 1.82) is 0 Å². The van der Waals surface area contributed by atoms with Crippen LogP contribution in [0.25, 0.3) is 10.8 Å². The number of oxazole rings is 1. The van der Waals surface area contributed by atoms with Gasteiger partial charge in [-0.25, -0.2) is 4.98 Å². The number of ether oxygens (including phenoxy) is 2. The van der Waals surface area contributed by atoms with E-state index >= 15 is 0 Å². The van der Waals surface area contributed by atoms with E-state index in [0.717, 1.165) is 10.4 Å². The van der Waals surface area contributed by atoms with Crippen molar-refractivity contribution in [2.45, 2.75) is 13.0 Å². The van der Waals surface area contributed by atoms with Crippen molar-refractivity contribution < 1.29 is 18.7 Å². The minimum absolute atomic E-state index is 0.121. The van der Waals surface area contributed by atoms with Crippen LogP contribution < -0.4 is 14.8 Å². The van der Waals surface area contributed by atoms with Gasteiger partial charge in [0.25, 0.3) is 0 Å². The van der Waals surface area contributed by atoms with Crippen molar-refractivity contribution >= 4 is 17.2 Å². The highest BCUT2D eigenvalue weighted by Crippen LogP contribution is 2.25. The number of methoxy groups -OCH3 is 2. The Balaban J connectivity index is 1.58. The molecule has 0 unspecified atom stereocenters. The van der Waals surface area contributed by atoms with E-state index < -0.39 is 0 Å². The van der Waals surface area contributed by atoms with E-state index in [2.05, 4.69) is 10.3 Å². The van der Waals surface area contributed by atoms with E-state index in [4.69, 9.17) is 13.9 Å². The van der Waals surface area contributed by atoms with Crippen LogP contribution in [0.1, 0.15) is 11.3 Å². The van der Waals surface area contributed by atoms with Crippen LogP contribution in [0.2, 0.25) is 0 Å². The molecule has 1 aromatic carbocycles. The van der Waals surface area contributed by atoms with Crippen LogP contribution in [0, 0.1) is 0 Å². The van der Waals surface area contributed by atoms with Crippen LogP contribution in [-0.2, 0) is 17.8 Å². The molecular formula is C18H18N2O4S. The van der Waals surface area contributed by atoms with Crippen molar-refractivity contribution in [1.82, 2.24) is 10.3 Å². The number of amides is 1. The highest BCUT2D eigenvalue weighted by atomic mass is 32.1. The fourth-order valence-electron chi connectivity index (χ4n) is 2.32. The second-order valence-corrected chi connectivity index (χ2v) is 6.20. The van der Waals surface area contributed by atoms with Crippen LogP contribution in [0.5, 0.6) is 11.5 Å².